The number of sulfonamides is 1. The molecule has 3 rings (SSSR count). The number of carbonyl (C=O) groups excluding carboxylic acids is 2. The number of amides is 3. The summed E-state index contributed by atoms with van der Waals surface area (Å²) in [6, 6.07) is 4.38. The maximum absolute atomic E-state index is 13.0. The number of imide groups is 1. The third-order valence-corrected chi connectivity index (χ3v) is 7.27. The Morgan fingerprint density at radius 2 is 1.74 bits per heavy atom. The minimum absolute atomic E-state index is 0.316. The first-order chi connectivity index (χ1) is 12.8. The Morgan fingerprint density at radius 1 is 1.07 bits per heavy atom. The molecular weight excluding hydrogens is 368 g/mol. The second-order valence-electron chi connectivity index (χ2n) is 6.97. The fourth-order valence-electron chi connectivity index (χ4n) is 3.63. The van der Waals surface area contributed by atoms with E-state index in [4.69, 9.17) is 0 Å². The topological polar surface area (TPSA) is 98.8 Å². The van der Waals surface area contributed by atoms with E-state index in [2.05, 4.69) is 10.6 Å². The van der Waals surface area contributed by atoms with Crippen LogP contribution < -0.4 is 10.6 Å². The standard InChI is InChI=1S/C18H26N4O4S/c1-13(17(23)20-18(24)19-2)21-8-10-22(11-9-21)27(25,26)16-7-6-14-4-3-5-15(14)12-16/h6-7,12-13H,3-5,8-11H2,1-2H3,(H2,19,20,23,24). The number of urea groups is 1. The molecule has 1 fully saturated rings. The van der Waals surface area contributed by atoms with Crippen LogP contribution in [-0.4, -0.2) is 68.8 Å². The van der Waals surface area contributed by atoms with Crippen LogP contribution in [0, 0.1) is 0 Å². The molecule has 0 radical (unpaired) electrons. The van der Waals surface area contributed by atoms with Gasteiger partial charge in [-0.1, -0.05) is 6.07 Å². The largest absolute Gasteiger partial charge is 0.341 e. The third kappa shape index (κ3) is 4.15. The quantitative estimate of drug-likeness (QED) is 0.767. The van der Waals surface area contributed by atoms with E-state index in [0.717, 1.165) is 24.8 Å². The van der Waals surface area contributed by atoms with Crippen molar-refractivity contribution in [1.29, 1.82) is 0 Å². The number of carbonyl (C=O) groups is 2. The van der Waals surface area contributed by atoms with E-state index < -0.39 is 28.0 Å². The molecule has 1 heterocycles. The number of piperazine rings is 1. The fraction of sp³-hybridized carbons (Fsp3) is 0.556. The molecule has 1 unspecified atom stereocenters. The molecular formula is C18H26N4O4S. The zero-order valence-electron chi connectivity index (χ0n) is 15.7. The molecule has 9 heteroatoms. The van der Waals surface area contributed by atoms with Crippen molar-refractivity contribution in [2.24, 2.45) is 0 Å². The van der Waals surface area contributed by atoms with Crippen molar-refractivity contribution in [3.63, 3.8) is 0 Å². The van der Waals surface area contributed by atoms with Crippen LogP contribution in [0.4, 0.5) is 4.79 Å². The lowest BCUT2D eigenvalue weighted by Crippen LogP contribution is -2.56. The van der Waals surface area contributed by atoms with E-state index in [1.807, 2.05) is 17.0 Å². The van der Waals surface area contributed by atoms with Crippen LogP contribution in [-0.2, 0) is 27.7 Å². The van der Waals surface area contributed by atoms with Gasteiger partial charge in [-0.15, -0.1) is 0 Å². The highest BCUT2D eigenvalue weighted by molar-refractivity contribution is 7.89. The molecule has 148 valence electrons. The zero-order valence-corrected chi connectivity index (χ0v) is 16.5. The second-order valence-corrected chi connectivity index (χ2v) is 8.91. The molecule has 8 nitrogen and oxygen atoms in total. The number of hydrogen-bond donors (Lipinski definition) is 2. The molecule has 2 aliphatic rings. The molecule has 1 aliphatic heterocycles. The maximum atomic E-state index is 13.0. The van der Waals surface area contributed by atoms with E-state index >= 15 is 0 Å². The lowest BCUT2D eigenvalue weighted by molar-refractivity contribution is -0.125. The van der Waals surface area contributed by atoms with Gasteiger partial charge in [0.2, 0.25) is 15.9 Å². The Labute approximate surface area is 160 Å². The van der Waals surface area contributed by atoms with Crippen molar-refractivity contribution in [2.45, 2.75) is 37.1 Å². The van der Waals surface area contributed by atoms with Gasteiger partial charge in [-0.05, 0) is 49.4 Å². The summed E-state index contributed by atoms with van der Waals surface area (Å²) >= 11 is 0. The predicted molar refractivity (Wildman–Crippen MR) is 101 cm³/mol. The van der Waals surface area contributed by atoms with Gasteiger partial charge in [0.25, 0.3) is 0 Å². The van der Waals surface area contributed by atoms with E-state index in [0.29, 0.717) is 31.1 Å². The van der Waals surface area contributed by atoms with Gasteiger partial charge in [0, 0.05) is 33.2 Å². The molecule has 1 saturated heterocycles. The zero-order chi connectivity index (χ0) is 19.6. The molecule has 1 aromatic carbocycles. The first-order valence-electron chi connectivity index (χ1n) is 9.21. The molecule has 0 bridgehead atoms. The maximum Gasteiger partial charge on any atom is 0.321 e. The lowest BCUT2D eigenvalue weighted by Gasteiger charge is -2.36. The molecule has 1 aromatic rings. The number of hydrogen-bond acceptors (Lipinski definition) is 5. The summed E-state index contributed by atoms with van der Waals surface area (Å²) in [4.78, 5) is 25.6. The molecule has 27 heavy (non-hydrogen) atoms. The Kier molecular flexibility index (Phi) is 5.83. The van der Waals surface area contributed by atoms with Crippen molar-refractivity contribution >= 4 is 22.0 Å². The SMILES string of the molecule is CNC(=O)NC(=O)C(C)N1CCN(S(=O)(=O)c2ccc3c(c2)CCC3)CC1. The Morgan fingerprint density at radius 3 is 2.41 bits per heavy atom. The van der Waals surface area contributed by atoms with Gasteiger partial charge in [0.15, 0.2) is 0 Å². The molecule has 1 atom stereocenters. The van der Waals surface area contributed by atoms with Gasteiger partial charge < -0.3 is 5.32 Å². The van der Waals surface area contributed by atoms with Crippen LogP contribution in [0.5, 0.6) is 0 Å². The molecule has 3 amide bonds. The van der Waals surface area contributed by atoms with Gasteiger partial charge in [-0.2, -0.15) is 4.31 Å². The summed E-state index contributed by atoms with van der Waals surface area (Å²) in [5.41, 5.74) is 2.38. The minimum Gasteiger partial charge on any atom is -0.341 e. The molecule has 2 N–H and O–H groups in total. The predicted octanol–water partition coefficient (Wildman–Crippen LogP) is 0.326. The molecule has 0 aromatic heterocycles. The summed E-state index contributed by atoms with van der Waals surface area (Å²) in [6.45, 7) is 3.22. The van der Waals surface area contributed by atoms with Crippen LogP contribution in [0.15, 0.2) is 23.1 Å². The normalized spacial score (nSPS) is 19.3. The summed E-state index contributed by atoms with van der Waals surface area (Å²) < 4.78 is 27.4. The fourth-order valence-corrected chi connectivity index (χ4v) is 5.11. The number of fused-ring (bicyclic) bond motifs is 1. The van der Waals surface area contributed by atoms with Gasteiger partial charge in [0.05, 0.1) is 10.9 Å². The summed E-state index contributed by atoms with van der Waals surface area (Å²) in [5, 5.41) is 4.59. The van der Waals surface area contributed by atoms with Gasteiger partial charge in [-0.3, -0.25) is 15.0 Å². The summed E-state index contributed by atoms with van der Waals surface area (Å²) in [5.74, 6) is -0.399. The van der Waals surface area contributed by atoms with E-state index in [-0.39, 0.29) is 0 Å². The highest BCUT2D eigenvalue weighted by atomic mass is 32.2. The Balaban J connectivity index is 1.63. The van der Waals surface area contributed by atoms with Crippen molar-refractivity contribution in [1.82, 2.24) is 19.8 Å². The minimum atomic E-state index is -3.53. The van der Waals surface area contributed by atoms with Crippen LogP contribution in [0.1, 0.15) is 24.5 Å². The molecule has 0 spiro atoms. The number of nitrogens with zero attached hydrogens (tertiary/aromatic N) is 2. The number of rotatable bonds is 4. The number of nitrogens with one attached hydrogen (secondary N) is 2. The monoisotopic (exact) mass is 394 g/mol. The van der Waals surface area contributed by atoms with Crippen LogP contribution in [0.25, 0.3) is 0 Å². The molecule has 0 saturated carbocycles. The van der Waals surface area contributed by atoms with Crippen LogP contribution >= 0.6 is 0 Å². The van der Waals surface area contributed by atoms with Gasteiger partial charge in [-0.25, -0.2) is 13.2 Å². The summed E-state index contributed by atoms with van der Waals surface area (Å²) in [6.07, 6.45) is 3.03. The third-order valence-electron chi connectivity index (χ3n) is 5.37. The van der Waals surface area contributed by atoms with E-state index in [1.54, 1.807) is 13.0 Å². The van der Waals surface area contributed by atoms with E-state index in [1.165, 1.54) is 16.9 Å². The first-order valence-corrected chi connectivity index (χ1v) is 10.7. The Bertz CT molecular complexity index is 832. The average molecular weight is 394 g/mol. The lowest BCUT2D eigenvalue weighted by atomic mass is 10.1. The van der Waals surface area contributed by atoms with Crippen LogP contribution in [0.2, 0.25) is 0 Å². The number of aryl methyl sites for hydroxylation is 2. The van der Waals surface area contributed by atoms with E-state index in [9.17, 15) is 18.0 Å². The van der Waals surface area contributed by atoms with Crippen molar-refractivity contribution in [2.75, 3.05) is 33.2 Å². The summed E-state index contributed by atoms with van der Waals surface area (Å²) in [7, 11) is -2.09. The van der Waals surface area contributed by atoms with Crippen molar-refractivity contribution < 1.29 is 18.0 Å². The first kappa shape index (κ1) is 19.8. The smallest absolute Gasteiger partial charge is 0.321 e. The van der Waals surface area contributed by atoms with Crippen molar-refractivity contribution in [3.8, 4) is 0 Å². The molecule has 1 aliphatic carbocycles. The van der Waals surface area contributed by atoms with Crippen LogP contribution in [0.3, 0.4) is 0 Å². The number of benzene rings is 1. The van der Waals surface area contributed by atoms with Gasteiger partial charge in [0.1, 0.15) is 0 Å². The Hall–Kier alpha value is -1.97. The van der Waals surface area contributed by atoms with Gasteiger partial charge >= 0.3 is 6.03 Å². The second kappa shape index (κ2) is 7.95. The highest BCUT2D eigenvalue weighted by Crippen LogP contribution is 2.26. The highest BCUT2D eigenvalue weighted by Gasteiger charge is 2.32. The van der Waals surface area contributed by atoms with Crippen molar-refractivity contribution in [3.05, 3.63) is 29.3 Å². The average Bonchev–Trinajstić information content (AvgIpc) is 3.15.